The molecule has 1 aromatic carbocycles. The van der Waals surface area contributed by atoms with Crippen LogP contribution in [0.4, 0.5) is 5.95 Å². The molecule has 1 N–H and O–H groups in total. The SMILES string of the molecule is Cc1cnc(NCC2(c3ccccc3)CCOCC2)nc1-c1ncnn1C. The molecule has 1 aliphatic rings. The van der Waals surface area contributed by atoms with E-state index in [2.05, 4.69) is 50.7 Å². The predicted molar refractivity (Wildman–Crippen MR) is 103 cm³/mol. The lowest BCUT2D eigenvalue weighted by molar-refractivity contribution is 0.0543. The average Bonchev–Trinajstić information content (AvgIpc) is 3.14. The molecule has 1 fully saturated rings. The molecule has 0 aliphatic carbocycles. The molecule has 1 saturated heterocycles. The smallest absolute Gasteiger partial charge is 0.223 e. The van der Waals surface area contributed by atoms with Gasteiger partial charge in [-0.2, -0.15) is 5.10 Å². The lowest BCUT2D eigenvalue weighted by Crippen LogP contribution is -2.40. The van der Waals surface area contributed by atoms with E-state index in [4.69, 9.17) is 9.72 Å². The van der Waals surface area contributed by atoms with Crippen LogP contribution in [0, 0.1) is 6.92 Å². The fourth-order valence-corrected chi connectivity index (χ4v) is 3.63. The van der Waals surface area contributed by atoms with Gasteiger partial charge in [0, 0.05) is 38.4 Å². The van der Waals surface area contributed by atoms with Crippen molar-refractivity contribution in [3.8, 4) is 11.5 Å². The van der Waals surface area contributed by atoms with Crippen molar-refractivity contribution in [3.63, 3.8) is 0 Å². The molecule has 0 unspecified atom stereocenters. The number of aryl methyl sites for hydroxylation is 2. The van der Waals surface area contributed by atoms with Gasteiger partial charge in [-0.25, -0.2) is 19.6 Å². The Labute approximate surface area is 158 Å². The molecule has 27 heavy (non-hydrogen) atoms. The zero-order chi connectivity index (χ0) is 18.7. The number of nitrogens with one attached hydrogen (secondary N) is 1. The molecule has 0 saturated carbocycles. The topological polar surface area (TPSA) is 77.8 Å². The summed E-state index contributed by atoms with van der Waals surface area (Å²) in [5, 5.41) is 7.61. The van der Waals surface area contributed by atoms with Crippen molar-refractivity contribution in [2.75, 3.05) is 25.1 Å². The Bertz CT molecular complexity index is 902. The second-order valence-electron chi connectivity index (χ2n) is 7.04. The van der Waals surface area contributed by atoms with Crippen LogP contribution in [0.5, 0.6) is 0 Å². The van der Waals surface area contributed by atoms with Crippen LogP contribution in [-0.4, -0.2) is 44.5 Å². The van der Waals surface area contributed by atoms with Crippen LogP contribution in [0.25, 0.3) is 11.5 Å². The predicted octanol–water partition coefficient (Wildman–Crippen LogP) is 2.74. The normalized spacial score (nSPS) is 16.2. The summed E-state index contributed by atoms with van der Waals surface area (Å²) in [4.78, 5) is 13.5. The van der Waals surface area contributed by atoms with Crippen molar-refractivity contribution >= 4 is 5.95 Å². The Morgan fingerprint density at radius 2 is 1.93 bits per heavy atom. The number of aromatic nitrogens is 5. The number of hydrogen-bond donors (Lipinski definition) is 1. The largest absolute Gasteiger partial charge is 0.381 e. The Hall–Kier alpha value is -2.80. The highest BCUT2D eigenvalue weighted by Crippen LogP contribution is 2.35. The summed E-state index contributed by atoms with van der Waals surface area (Å²) in [5.74, 6) is 1.35. The van der Waals surface area contributed by atoms with Crippen molar-refractivity contribution < 1.29 is 4.74 Å². The monoisotopic (exact) mass is 364 g/mol. The molecule has 1 aliphatic heterocycles. The van der Waals surface area contributed by atoms with Crippen molar-refractivity contribution in [1.82, 2.24) is 24.7 Å². The zero-order valence-electron chi connectivity index (χ0n) is 15.7. The number of nitrogens with zero attached hydrogens (tertiary/aromatic N) is 5. The Morgan fingerprint density at radius 3 is 2.63 bits per heavy atom. The minimum Gasteiger partial charge on any atom is -0.381 e. The molecule has 4 rings (SSSR count). The van der Waals surface area contributed by atoms with Gasteiger partial charge in [0.05, 0.1) is 0 Å². The van der Waals surface area contributed by atoms with Crippen LogP contribution in [-0.2, 0) is 17.2 Å². The van der Waals surface area contributed by atoms with Gasteiger partial charge >= 0.3 is 0 Å². The number of benzene rings is 1. The summed E-state index contributed by atoms with van der Waals surface area (Å²) < 4.78 is 7.34. The minimum atomic E-state index is 0.0265. The zero-order valence-corrected chi connectivity index (χ0v) is 15.7. The van der Waals surface area contributed by atoms with E-state index in [0.29, 0.717) is 5.95 Å². The summed E-state index contributed by atoms with van der Waals surface area (Å²) >= 11 is 0. The first-order valence-electron chi connectivity index (χ1n) is 9.23. The fraction of sp³-hybridized carbons (Fsp3) is 0.400. The lowest BCUT2D eigenvalue weighted by Gasteiger charge is -2.38. The maximum atomic E-state index is 5.62. The van der Waals surface area contributed by atoms with E-state index in [9.17, 15) is 0 Å². The highest BCUT2D eigenvalue weighted by Gasteiger charge is 2.34. The third-order valence-corrected chi connectivity index (χ3v) is 5.32. The summed E-state index contributed by atoms with van der Waals surface area (Å²) in [6, 6.07) is 10.7. The number of anilines is 1. The van der Waals surface area contributed by atoms with E-state index < -0.39 is 0 Å². The van der Waals surface area contributed by atoms with Crippen molar-refractivity contribution in [2.24, 2.45) is 7.05 Å². The van der Waals surface area contributed by atoms with Gasteiger partial charge < -0.3 is 10.1 Å². The molecule has 3 heterocycles. The highest BCUT2D eigenvalue weighted by molar-refractivity contribution is 5.55. The van der Waals surface area contributed by atoms with E-state index >= 15 is 0 Å². The number of ether oxygens (including phenoxy) is 1. The van der Waals surface area contributed by atoms with Crippen molar-refractivity contribution in [1.29, 1.82) is 0 Å². The third kappa shape index (κ3) is 3.55. The molecule has 0 amide bonds. The maximum Gasteiger partial charge on any atom is 0.223 e. The Balaban J connectivity index is 1.59. The summed E-state index contributed by atoms with van der Waals surface area (Å²) in [5.41, 5.74) is 3.13. The third-order valence-electron chi connectivity index (χ3n) is 5.32. The van der Waals surface area contributed by atoms with E-state index in [0.717, 1.165) is 49.7 Å². The molecule has 0 radical (unpaired) electrons. The van der Waals surface area contributed by atoms with Crippen LogP contribution < -0.4 is 5.32 Å². The standard InChI is InChI=1S/C20H24N6O/c1-15-12-21-19(25-17(15)18-23-14-24-26(18)2)22-13-20(8-10-27-11-9-20)16-6-4-3-5-7-16/h3-7,12,14H,8-11,13H2,1-2H3,(H,21,22,25). The van der Waals surface area contributed by atoms with Crippen LogP contribution in [0.1, 0.15) is 24.0 Å². The van der Waals surface area contributed by atoms with E-state index in [1.807, 2.05) is 20.2 Å². The van der Waals surface area contributed by atoms with Gasteiger partial charge in [0.2, 0.25) is 5.95 Å². The quantitative estimate of drug-likeness (QED) is 0.750. The van der Waals surface area contributed by atoms with Gasteiger partial charge in [0.25, 0.3) is 0 Å². The maximum absolute atomic E-state index is 5.62. The molecule has 7 nitrogen and oxygen atoms in total. The van der Waals surface area contributed by atoms with Crippen molar-refractivity contribution in [3.05, 3.63) is 54.0 Å². The molecule has 0 bridgehead atoms. The van der Waals surface area contributed by atoms with Gasteiger partial charge in [-0.3, -0.25) is 0 Å². The molecule has 140 valence electrons. The molecular weight excluding hydrogens is 340 g/mol. The molecular formula is C20H24N6O. The minimum absolute atomic E-state index is 0.0265. The molecule has 0 spiro atoms. The molecule has 7 heteroatoms. The van der Waals surface area contributed by atoms with Crippen LogP contribution in [0.2, 0.25) is 0 Å². The second kappa shape index (κ2) is 7.44. The van der Waals surface area contributed by atoms with Gasteiger partial charge in [0.1, 0.15) is 12.0 Å². The molecule has 2 aromatic heterocycles. The van der Waals surface area contributed by atoms with Gasteiger partial charge in [-0.1, -0.05) is 30.3 Å². The van der Waals surface area contributed by atoms with E-state index in [-0.39, 0.29) is 5.41 Å². The second-order valence-corrected chi connectivity index (χ2v) is 7.04. The first-order chi connectivity index (χ1) is 13.2. The highest BCUT2D eigenvalue weighted by atomic mass is 16.5. The van der Waals surface area contributed by atoms with Gasteiger partial charge in [0.15, 0.2) is 5.82 Å². The van der Waals surface area contributed by atoms with Gasteiger partial charge in [-0.05, 0) is 30.9 Å². The van der Waals surface area contributed by atoms with Crippen LogP contribution in [0.15, 0.2) is 42.9 Å². The Morgan fingerprint density at radius 1 is 1.15 bits per heavy atom. The first kappa shape index (κ1) is 17.6. The molecule has 0 atom stereocenters. The summed E-state index contributed by atoms with van der Waals surface area (Å²) in [6.07, 6.45) is 5.33. The number of rotatable bonds is 5. The average molecular weight is 364 g/mol. The van der Waals surface area contributed by atoms with Crippen LogP contribution >= 0.6 is 0 Å². The van der Waals surface area contributed by atoms with E-state index in [1.165, 1.54) is 11.9 Å². The summed E-state index contributed by atoms with van der Waals surface area (Å²) in [7, 11) is 1.86. The fourth-order valence-electron chi connectivity index (χ4n) is 3.63. The van der Waals surface area contributed by atoms with Gasteiger partial charge in [-0.15, -0.1) is 0 Å². The van der Waals surface area contributed by atoms with Crippen molar-refractivity contribution in [2.45, 2.75) is 25.2 Å². The van der Waals surface area contributed by atoms with Crippen LogP contribution in [0.3, 0.4) is 0 Å². The number of hydrogen-bond acceptors (Lipinski definition) is 6. The first-order valence-corrected chi connectivity index (χ1v) is 9.23. The lowest BCUT2D eigenvalue weighted by atomic mass is 9.74. The molecule has 3 aromatic rings. The summed E-state index contributed by atoms with van der Waals surface area (Å²) in [6.45, 7) is 4.30. The Kier molecular flexibility index (Phi) is 4.85. The van der Waals surface area contributed by atoms with E-state index in [1.54, 1.807) is 4.68 Å².